The lowest BCUT2D eigenvalue weighted by Crippen LogP contribution is -2.38. The third kappa shape index (κ3) is 2.65. The molecule has 1 aromatic heterocycles. The van der Waals surface area contributed by atoms with E-state index < -0.39 is 0 Å². The maximum atomic E-state index is 12.9. The van der Waals surface area contributed by atoms with Crippen LogP contribution in [0.5, 0.6) is 0 Å². The number of para-hydroxylation sites is 1. The third-order valence-corrected chi connectivity index (χ3v) is 5.07. The van der Waals surface area contributed by atoms with E-state index in [-0.39, 0.29) is 17.9 Å². The number of hydrogen-bond donors (Lipinski definition) is 2. The number of carbonyl (C=O) groups excluding carboxylic acids is 1. The molecule has 1 aliphatic rings. The van der Waals surface area contributed by atoms with Crippen molar-refractivity contribution in [2.24, 2.45) is 0 Å². The summed E-state index contributed by atoms with van der Waals surface area (Å²) in [7, 11) is 0. The van der Waals surface area contributed by atoms with Crippen LogP contribution in [0.3, 0.4) is 0 Å². The average molecular weight is 318 g/mol. The summed E-state index contributed by atoms with van der Waals surface area (Å²) in [4.78, 5) is 16.1. The lowest BCUT2D eigenvalue weighted by atomic mass is 9.87. The van der Waals surface area contributed by atoms with Crippen molar-refractivity contribution in [2.45, 2.75) is 38.3 Å². The fourth-order valence-electron chi connectivity index (χ4n) is 3.81. The minimum atomic E-state index is -0.208. The van der Waals surface area contributed by atoms with Gasteiger partial charge in [0.15, 0.2) is 5.78 Å². The Kier molecular flexibility index (Phi) is 3.95. The van der Waals surface area contributed by atoms with Crippen LogP contribution in [0.25, 0.3) is 10.9 Å². The highest BCUT2D eigenvalue weighted by atomic mass is 16.1. The largest absolute Gasteiger partial charge is 0.360 e. The Morgan fingerprint density at radius 2 is 1.96 bits per heavy atom. The van der Waals surface area contributed by atoms with Crippen molar-refractivity contribution >= 4 is 16.7 Å². The number of ketones is 1. The van der Waals surface area contributed by atoms with Gasteiger partial charge in [0.2, 0.25) is 0 Å². The van der Waals surface area contributed by atoms with Gasteiger partial charge in [-0.2, -0.15) is 0 Å². The van der Waals surface area contributed by atoms with Crippen molar-refractivity contribution in [1.82, 2.24) is 10.3 Å². The van der Waals surface area contributed by atoms with Crippen LogP contribution in [-0.2, 0) is 6.42 Å². The van der Waals surface area contributed by atoms with Gasteiger partial charge in [-0.3, -0.25) is 4.79 Å². The molecule has 0 saturated carbocycles. The summed E-state index contributed by atoms with van der Waals surface area (Å²) in [6.45, 7) is 1.97. The molecule has 0 amide bonds. The van der Waals surface area contributed by atoms with E-state index in [1.165, 1.54) is 17.5 Å². The molecule has 0 aliphatic heterocycles. The first-order chi connectivity index (χ1) is 11.7. The molecule has 122 valence electrons. The lowest BCUT2D eigenvalue weighted by molar-refractivity contribution is 0.0944. The van der Waals surface area contributed by atoms with Gasteiger partial charge in [-0.05, 0) is 43.4 Å². The Balaban J connectivity index is 1.57. The molecule has 0 spiro atoms. The SMILES string of the molecule is C[C@H](N[C@H]1CCCc2ccccc21)C(=O)c1c[nH]c2ccccc12. The standard InChI is InChI=1S/C21H22N2O/c1-14(21(24)18-13-22-19-11-5-4-10-17(18)19)23-20-12-6-8-15-7-2-3-9-16(15)20/h2-5,7,9-11,13-14,20,22-23H,6,8,12H2,1H3/t14-,20-/m0/s1. The maximum absolute atomic E-state index is 12.9. The summed E-state index contributed by atoms with van der Waals surface area (Å²) in [5.74, 6) is 0.149. The molecule has 24 heavy (non-hydrogen) atoms. The van der Waals surface area contributed by atoms with E-state index in [1.54, 1.807) is 0 Å². The summed E-state index contributed by atoms with van der Waals surface area (Å²) >= 11 is 0. The Labute approximate surface area is 142 Å². The zero-order valence-electron chi connectivity index (χ0n) is 13.9. The Bertz CT molecular complexity index is 880. The van der Waals surface area contributed by atoms with Gasteiger partial charge >= 0.3 is 0 Å². The monoisotopic (exact) mass is 318 g/mol. The second-order valence-corrected chi connectivity index (χ2v) is 6.64. The molecule has 0 unspecified atom stereocenters. The van der Waals surface area contributed by atoms with Crippen LogP contribution >= 0.6 is 0 Å². The van der Waals surface area contributed by atoms with Gasteiger partial charge in [0.05, 0.1) is 6.04 Å². The average Bonchev–Trinajstić information content (AvgIpc) is 3.05. The molecule has 3 heteroatoms. The van der Waals surface area contributed by atoms with E-state index in [1.807, 2.05) is 37.4 Å². The van der Waals surface area contributed by atoms with E-state index in [2.05, 4.69) is 34.6 Å². The normalized spacial score (nSPS) is 18.3. The van der Waals surface area contributed by atoms with E-state index in [4.69, 9.17) is 0 Å². The minimum Gasteiger partial charge on any atom is -0.360 e. The summed E-state index contributed by atoms with van der Waals surface area (Å²) in [6.07, 6.45) is 5.23. The molecule has 2 N–H and O–H groups in total. The minimum absolute atomic E-state index is 0.149. The number of aryl methyl sites for hydroxylation is 1. The summed E-state index contributed by atoms with van der Waals surface area (Å²) in [5, 5.41) is 4.56. The number of nitrogens with one attached hydrogen (secondary N) is 2. The first kappa shape index (κ1) is 15.2. The lowest BCUT2D eigenvalue weighted by Gasteiger charge is -2.28. The zero-order valence-corrected chi connectivity index (χ0v) is 13.9. The highest BCUT2D eigenvalue weighted by Gasteiger charge is 2.25. The number of Topliss-reactive ketones (excluding diaryl/α,β-unsaturated/α-hetero) is 1. The van der Waals surface area contributed by atoms with Gasteiger partial charge in [0, 0.05) is 28.7 Å². The molecular formula is C21H22N2O. The smallest absolute Gasteiger partial charge is 0.181 e. The number of aromatic nitrogens is 1. The second-order valence-electron chi connectivity index (χ2n) is 6.64. The second kappa shape index (κ2) is 6.25. The van der Waals surface area contributed by atoms with Crippen molar-refractivity contribution in [3.05, 3.63) is 71.4 Å². The quantitative estimate of drug-likeness (QED) is 0.700. The number of aromatic amines is 1. The fraction of sp³-hybridized carbons (Fsp3) is 0.286. The van der Waals surface area contributed by atoms with Gasteiger partial charge in [-0.25, -0.2) is 0 Å². The molecule has 1 aliphatic carbocycles. The molecule has 3 aromatic rings. The van der Waals surface area contributed by atoms with Crippen LogP contribution < -0.4 is 5.32 Å². The van der Waals surface area contributed by atoms with Gasteiger partial charge < -0.3 is 10.3 Å². The van der Waals surface area contributed by atoms with Crippen LogP contribution in [0.2, 0.25) is 0 Å². The van der Waals surface area contributed by atoms with Crippen molar-refractivity contribution < 1.29 is 4.79 Å². The van der Waals surface area contributed by atoms with Gasteiger partial charge in [0.1, 0.15) is 0 Å². The molecule has 2 aromatic carbocycles. The number of benzene rings is 2. The Morgan fingerprint density at radius 1 is 1.17 bits per heavy atom. The van der Waals surface area contributed by atoms with Crippen LogP contribution in [0.1, 0.15) is 47.3 Å². The molecule has 0 fully saturated rings. The van der Waals surface area contributed by atoms with Crippen molar-refractivity contribution in [1.29, 1.82) is 0 Å². The number of H-pyrrole nitrogens is 1. The summed E-state index contributed by atoms with van der Waals surface area (Å²) in [6, 6.07) is 16.6. The summed E-state index contributed by atoms with van der Waals surface area (Å²) in [5.41, 5.74) is 4.54. The van der Waals surface area contributed by atoms with Crippen molar-refractivity contribution in [2.75, 3.05) is 0 Å². The number of rotatable bonds is 4. The molecule has 0 saturated heterocycles. The van der Waals surface area contributed by atoms with Crippen LogP contribution in [0.4, 0.5) is 0 Å². The van der Waals surface area contributed by atoms with Gasteiger partial charge in [0.25, 0.3) is 0 Å². The van der Waals surface area contributed by atoms with E-state index in [9.17, 15) is 4.79 Å². The predicted molar refractivity (Wildman–Crippen MR) is 97.3 cm³/mol. The fourth-order valence-corrected chi connectivity index (χ4v) is 3.81. The van der Waals surface area contributed by atoms with Crippen LogP contribution in [-0.4, -0.2) is 16.8 Å². The zero-order chi connectivity index (χ0) is 16.5. The van der Waals surface area contributed by atoms with Gasteiger partial charge in [-0.1, -0.05) is 42.5 Å². The summed E-state index contributed by atoms with van der Waals surface area (Å²) < 4.78 is 0. The number of carbonyl (C=O) groups is 1. The van der Waals surface area contributed by atoms with Crippen LogP contribution in [0.15, 0.2) is 54.7 Å². The molecule has 0 bridgehead atoms. The maximum Gasteiger partial charge on any atom is 0.181 e. The Hall–Kier alpha value is -2.39. The number of hydrogen-bond acceptors (Lipinski definition) is 2. The van der Waals surface area contributed by atoms with E-state index in [0.29, 0.717) is 0 Å². The predicted octanol–water partition coefficient (Wildman–Crippen LogP) is 4.41. The molecule has 4 rings (SSSR count). The topological polar surface area (TPSA) is 44.9 Å². The first-order valence-corrected chi connectivity index (χ1v) is 8.68. The molecule has 1 heterocycles. The van der Waals surface area contributed by atoms with E-state index in [0.717, 1.165) is 29.3 Å². The highest BCUT2D eigenvalue weighted by Crippen LogP contribution is 2.30. The highest BCUT2D eigenvalue weighted by molar-refractivity contribution is 6.10. The third-order valence-electron chi connectivity index (χ3n) is 5.07. The first-order valence-electron chi connectivity index (χ1n) is 8.68. The molecule has 2 atom stereocenters. The van der Waals surface area contributed by atoms with E-state index >= 15 is 0 Å². The molecular weight excluding hydrogens is 296 g/mol. The van der Waals surface area contributed by atoms with Crippen LogP contribution in [0, 0.1) is 0 Å². The van der Waals surface area contributed by atoms with Crippen molar-refractivity contribution in [3.63, 3.8) is 0 Å². The van der Waals surface area contributed by atoms with Gasteiger partial charge in [-0.15, -0.1) is 0 Å². The molecule has 0 radical (unpaired) electrons. The van der Waals surface area contributed by atoms with Crippen molar-refractivity contribution in [3.8, 4) is 0 Å². The number of fused-ring (bicyclic) bond motifs is 2. The molecule has 3 nitrogen and oxygen atoms in total. The Morgan fingerprint density at radius 3 is 2.88 bits per heavy atom.